The van der Waals surface area contributed by atoms with Gasteiger partial charge in [0.2, 0.25) is 0 Å². The van der Waals surface area contributed by atoms with E-state index in [1.807, 2.05) is 30.3 Å². The van der Waals surface area contributed by atoms with Crippen molar-refractivity contribution in [1.82, 2.24) is 10.3 Å². The standard InChI is InChI=1S/C23H19N3O5/c1-13(23(29)30)25-20(27)12-31-19-9-8-14(15-6-4-10-24-21(15)19)11-17-16-5-2-3-7-18(16)26-22(17)28/h2-11,13H,12H2,1H3,(H,25,27)(H,26,28)(H,29,30)/t13-/m0/s1. The maximum absolute atomic E-state index is 12.4. The van der Waals surface area contributed by atoms with Crippen LogP contribution in [0.1, 0.15) is 18.1 Å². The van der Waals surface area contributed by atoms with Crippen LogP contribution in [0.15, 0.2) is 54.7 Å². The number of rotatable bonds is 6. The third-order valence-electron chi connectivity index (χ3n) is 4.88. The van der Waals surface area contributed by atoms with Crippen molar-refractivity contribution in [2.75, 3.05) is 11.9 Å². The van der Waals surface area contributed by atoms with Gasteiger partial charge < -0.3 is 20.5 Å². The molecule has 0 aliphatic carbocycles. The Bertz CT molecular complexity index is 1230. The molecule has 156 valence electrons. The minimum absolute atomic E-state index is 0.178. The third kappa shape index (κ3) is 4.09. The van der Waals surface area contributed by atoms with Crippen molar-refractivity contribution < 1.29 is 24.2 Å². The van der Waals surface area contributed by atoms with Gasteiger partial charge in [0.1, 0.15) is 17.3 Å². The van der Waals surface area contributed by atoms with Gasteiger partial charge in [-0.1, -0.05) is 30.3 Å². The number of carbonyl (C=O) groups excluding carboxylic acids is 2. The third-order valence-corrected chi connectivity index (χ3v) is 4.88. The van der Waals surface area contributed by atoms with Crippen LogP contribution in [0.4, 0.5) is 5.69 Å². The molecule has 2 heterocycles. The van der Waals surface area contributed by atoms with E-state index in [0.717, 1.165) is 22.2 Å². The van der Waals surface area contributed by atoms with Crippen molar-refractivity contribution in [2.24, 2.45) is 0 Å². The second kappa shape index (κ2) is 8.27. The molecule has 31 heavy (non-hydrogen) atoms. The number of aromatic nitrogens is 1. The molecule has 0 bridgehead atoms. The van der Waals surface area contributed by atoms with Crippen molar-refractivity contribution in [2.45, 2.75) is 13.0 Å². The Morgan fingerprint density at radius 2 is 2.00 bits per heavy atom. The first-order valence-corrected chi connectivity index (χ1v) is 9.59. The van der Waals surface area contributed by atoms with Gasteiger partial charge in [0.25, 0.3) is 11.8 Å². The highest BCUT2D eigenvalue weighted by Crippen LogP contribution is 2.35. The SMILES string of the molecule is C[C@H](NC(=O)COc1ccc(C=C2C(=O)Nc3ccccc32)c2cccnc12)C(=O)O. The van der Waals surface area contributed by atoms with Crippen molar-refractivity contribution in [3.63, 3.8) is 0 Å². The number of fused-ring (bicyclic) bond motifs is 2. The number of ether oxygens (including phenoxy) is 1. The first-order valence-electron chi connectivity index (χ1n) is 9.59. The summed E-state index contributed by atoms with van der Waals surface area (Å²) in [7, 11) is 0. The summed E-state index contributed by atoms with van der Waals surface area (Å²) in [5, 5.41) is 14.8. The van der Waals surface area contributed by atoms with Crippen LogP contribution in [0.2, 0.25) is 0 Å². The molecule has 0 radical (unpaired) electrons. The summed E-state index contributed by atoms with van der Waals surface area (Å²) < 4.78 is 5.60. The number of nitrogens with one attached hydrogen (secondary N) is 2. The lowest BCUT2D eigenvalue weighted by Crippen LogP contribution is -2.40. The van der Waals surface area contributed by atoms with E-state index in [1.54, 1.807) is 30.5 Å². The summed E-state index contributed by atoms with van der Waals surface area (Å²) in [5.41, 5.74) is 3.46. The minimum Gasteiger partial charge on any atom is -0.481 e. The van der Waals surface area contributed by atoms with E-state index in [1.165, 1.54) is 6.92 Å². The van der Waals surface area contributed by atoms with Gasteiger partial charge in [0.05, 0.1) is 0 Å². The number of carboxylic acids is 1. The number of hydrogen-bond donors (Lipinski definition) is 3. The minimum atomic E-state index is -1.13. The molecule has 1 aliphatic rings. The molecule has 2 aromatic carbocycles. The zero-order valence-corrected chi connectivity index (χ0v) is 16.6. The molecule has 8 heteroatoms. The van der Waals surface area contributed by atoms with E-state index in [9.17, 15) is 14.4 Å². The molecule has 3 aromatic rings. The molecule has 1 atom stereocenters. The summed E-state index contributed by atoms with van der Waals surface area (Å²) in [6, 6.07) is 13.5. The monoisotopic (exact) mass is 417 g/mol. The molecule has 4 rings (SSSR count). The Labute approximate surface area is 177 Å². The van der Waals surface area contributed by atoms with Crippen LogP contribution < -0.4 is 15.4 Å². The molecular weight excluding hydrogens is 398 g/mol. The average Bonchev–Trinajstić information content (AvgIpc) is 3.08. The Morgan fingerprint density at radius 3 is 2.81 bits per heavy atom. The number of carbonyl (C=O) groups is 3. The normalized spacial score (nSPS) is 14.7. The van der Waals surface area contributed by atoms with E-state index in [-0.39, 0.29) is 12.5 Å². The lowest BCUT2D eigenvalue weighted by Gasteiger charge is -2.12. The number of pyridine rings is 1. The highest BCUT2D eigenvalue weighted by molar-refractivity contribution is 6.35. The quantitative estimate of drug-likeness (QED) is 0.531. The fraction of sp³-hybridized carbons (Fsp3) is 0.130. The smallest absolute Gasteiger partial charge is 0.325 e. The molecule has 3 N–H and O–H groups in total. The second-order valence-electron chi connectivity index (χ2n) is 7.03. The number of amides is 2. The van der Waals surface area contributed by atoms with E-state index in [4.69, 9.17) is 9.84 Å². The molecule has 0 unspecified atom stereocenters. The number of para-hydroxylation sites is 1. The zero-order chi connectivity index (χ0) is 22.0. The molecule has 0 saturated carbocycles. The van der Waals surface area contributed by atoms with Crippen LogP contribution in [0.25, 0.3) is 22.6 Å². The Balaban J connectivity index is 1.63. The fourth-order valence-corrected chi connectivity index (χ4v) is 3.34. The maximum atomic E-state index is 12.4. The number of benzene rings is 2. The number of nitrogens with zero attached hydrogens (tertiary/aromatic N) is 1. The Morgan fingerprint density at radius 1 is 1.19 bits per heavy atom. The highest BCUT2D eigenvalue weighted by atomic mass is 16.5. The highest BCUT2D eigenvalue weighted by Gasteiger charge is 2.23. The lowest BCUT2D eigenvalue weighted by molar-refractivity contribution is -0.141. The summed E-state index contributed by atoms with van der Waals surface area (Å²) in [6.45, 7) is 1.02. The molecule has 1 aromatic heterocycles. The van der Waals surface area contributed by atoms with Crippen LogP contribution in [0.5, 0.6) is 5.75 Å². The summed E-state index contributed by atoms with van der Waals surface area (Å²) in [6.07, 6.45) is 3.41. The van der Waals surface area contributed by atoms with Crippen LogP contribution in [0, 0.1) is 0 Å². The number of carboxylic acid groups (broad SMARTS) is 1. The molecule has 1 aliphatic heterocycles. The van der Waals surface area contributed by atoms with Gasteiger partial charge in [-0.3, -0.25) is 19.4 Å². The van der Waals surface area contributed by atoms with Gasteiger partial charge in [-0.25, -0.2) is 0 Å². The van der Waals surface area contributed by atoms with Crippen LogP contribution in [-0.4, -0.2) is 40.5 Å². The summed E-state index contributed by atoms with van der Waals surface area (Å²) in [4.78, 5) is 39.6. The van der Waals surface area contributed by atoms with Crippen LogP contribution >= 0.6 is 0 Å². The molecule has 0 fully saturated rings. The second-order valence-corrected chi connectivity index (χ2v) is 7.03. The van der Waals surface area contributed by atoms with Crippen molar-refractivity contribution >= 4 is 46.0 Å². The maximum Gasteiger partial charge on any atom is 0.325 e. The fourth-order valence-electron chi connectivity index (χ4n) is 3.34. The van der Waals surface area contributed by atoms with Crippen LogP contribution in [0.3, 0.4) is 0 Å². The first kappa shape index (κ1) is 20.1. The molecule has 8 nitrogen and oxygen atoms in total. The van der Waals surface area contributed by atoms with Gasteiger partial charge in [0.15, 0.2) is 6.61 Å². The summed E-state index contributed by atoms with van der Waals surface area (Å²) in [5.74, 6) is -1.48. The van der Waals surface area contributed by atoms with Gasteiger partial charge in [-0.2, -0.15) is 0 Å². The number of aliphatic carboxylic acids is 1. The van der Waals surface area contributed by atoms with E-state index >= 15 is 0 Å². The van der Waals surface area contributed by atoms with Gasteiger partial charge in [0, 0.05) is 28.4 Å². The van der Waals surface area contributed by atoms with Crippen LogP contribution in [-0.2, 0) is 14.4 Å². The van der Waals surface area contributed by atoms with E-state index in [2.05, 4.69) is 15.6 Å². The zero-order valence-electron chi connectivity index (χ0n) is 16.6. The van der Waals surface area contributed by atoms with E-state index in [0.29, 0.717) is 16.8 Å². The summed E-state index contributed by atoms with van der Waals surface area (Å²) >= 11 is 0. The first-order chi connectivity index (χ1) is 14.9. The van der Waals surface area contributed by atoms with Crippen molar-refractivity contribution in [1.29, 1.82) is 0 Å². The predicted molar refractivity (Wildman–Crippen MR) is 115 cm³/mol. The van der Waals surface area contributed by atoms with Crippen molar-refractivity contribution in [3.05, 3.63) is 65.9 Å². The molecule has 2 amide bonds. The van der Waals surface area contributed by atoms with Crippen molar-refractivity contribution in [3.8, 4) is 5.75 Å². The van der Waals surface area contributed by atoms with Gasteiger partial charge >= 0.3 is 5.97 Å². The topological polar surface area (TPSA) is 118 Å². The Kier molecular flexibility index (Phi) is 5.36. The molecular formula is C23H19N3O5. The molecule has 0 spiro atoms. The Hall–Kier alpha value is -4.20. The molecule has 0 saturated heterocycles. The lowest BCUT2D eigenvalue weighted by atomic mass is 10.0. The number of hydrogen-bond acceptors (Lipinski definition) is 5. The predicted octanol–water partition coefficient (Wildman–Crippen LogP) is 2.70. The van der Waals surface area contributed by atoms with Gasteiger partial charge in [-0.15, -0.1) is 0 Å². The van der Waals surface area contributed by atoms with E-state index < -0.39 is 17.9 Å². The average molecular weight is 417 g/mol. The number of anilines is 1. The largest absolute Gasteiger partial charge is 0.481 e. The van der Waals surface area contributed by atoms with Gasteiger partial charge in [-0.05, 0) is 36.8 Å².